The number of aromatic nitrogens is 1. The highest BCUT2D eigenvalue weighted by atomic mass is 35.5. The zero-order chi connectivity index (χ0) is 11.4. The van der Waals surface area contributed by atoms with E-state index in [4.69, 9.17) is 11.6 Å². The smallest absolute Gasteiger partial charge is 0.0761 e. The van der Waals surface area contributed by atoms with E-state index in [2.05, 4.69) is 17.2 Å². The topological polar surface area (TPSA) is 24.9 Å². The Bertz CT molecular complexity index is 482. The van der Waals surface area contributed by atoms with Crippen molar-refractivity contribution in [3.63, 3.8) is 0 Å². The van der Waals surface area contributed by atoms with Gasteiger partial charge in [-0.25, -0.2) is 0 Å². The van der Waals surface area contributed by atoms with Gasteiger partial charge in [-0.15, -0.1) is 0 Å². The lowest BCUT2D eigenvalue weighted by molar-refractivity contribution is 0.677. The molecule has 0 amide bonds. The van der Waals surface area contributed by atoms with Crippen LogP contribution in [0.15, 0.2) is 30.5 Å². The molecular weight excluding hydrogens is 220 g/mol. The molecule has 84 valence electrons. The molecule has 1 heterocycles. The van der Waals surface area contributed by atoms with Gasteiger partial charge in [0.1, 0.15) is 0 Å². The van der Waals surface area contributed by atoms with E-state index in [1.54, 1.807) is 0 Å². The van der Waals surface area contributed by atoms with Crippen LogP contribution in [0.25, 0.3) is 10.9 Å². The van der Waals surface area contributed by atoms with Gasteiger partial charge in [-0.1, -0.05) is 24.6 Å². The molecule has 16 heavy (non-hydrogen) atoms. The largest absolute Gasteiger partial charge is 0.313 e. The number of nitrogens with one attached hydrogen (secondary N) is 1. The highest BCUT2D eigenvalue weighted by Gasteiger charge is 2.04. The maximum atomic E-state index is 6.13. The molecule has 0 unspecified atom stereocenters. The molecule has 0 fully saturated rings. The van der Waals surface area contributed by atoms with Gasteiger partial charge in [-0.05, 0) is 36.7 Å². The summed E-state index contributed by atoms with van der Waals surface area (Å²) in [6, 6.07) is 7.90. The molecular formula is C13H15ClN2. The van der Waals surface area contributed by atoms with Crippen LogP contribution in [0.1, 0.15) is 18.9 Å². The Morgan fingerprint density at radius 3 is 3.00 bits per heavy atom. The molecule has 0 saturated heterocycles. The Morgan fingerprint density at radius 2 is 2.19 bits per heavy atom. The minimum atomic E-state index is 0.766. The van der Waals surface area contributed by atoms with Crippen LogP contribution in [0.5, 0.6) is 0 Å². The van der Waals surface area contributed by atoms with Crippen molar-refractivity contribution in [3.05, 3.63) is 41.0 Å². The van der Waals surface area contributed by atoms with Crippen molar-refractivity contribution >= 4 is 22.5 Å². The molecule has 1 aromatic carbocycles. The van der Waals surface area contributed by atoms with Crippen LogP contribution in [0.3, 0.4) is 0 Å². The minimum Gasteiger partial charge on any atom is -0.313 e. The second-order valence-corrected chi connectivity index (χ2v) is 4.19. The standard InChI is InChI=1S/C13H15ClN2/c1-2-7-15-9-10-5-6-12(14)11-4-3-8-16-13(10)11/h3-6,8,15H,2,7,9H2,1H3. The van der Waals surface area contributed by atoms with Gasteiger partial charge in [0.25, 0.3) is 0 Å². The van der Waals surface area contributed by atoms with E-state index in [1.807, 2.05) is 30.5 Å². The summed E-state index contributed by atoms with van der Waals surface area (Å²) in [6.07, 6.45) is 2.95. The zero-order valence-corrected chi connectivity index (χ0v) is 10.1. The first-order valence-corrected chi connectivity index (χ1v) is 5.93. The normalized spacial score (nSPS) is 10.9. The number of fused-ring (bicyclic) bond motifs is 1. The molecule has 0 saturated carbocycles. The molecule has 3 heteroatoms. The summed E-state index contributed by atoms with van der Waals surface area (Å²) >= 11 is 6.13. The van der Waals surface area contributed by atoms with Crippen LogP contribution < -0.4 is 5.32 Å². The van der Waals surface area contributed by atoms with Crippen molar-refractivity contribution in [2.24, 2.45) is 0 Å². The lowest BCUT2D eigenvalue weighted by Gasteiger charge is -2.07. The van der Waals surface area contributed by atoms with Gasteiger partial charge in [0.15, 0.2) is 0 Å². The van der Waals surface area contributed by atoms with Crippen LogP contribution in [-0.4, -0.2) is 11.5 Å². The SMILES string of the molecule is CCCNCc1ccc(Cl)c2cccnc12. The van der Waals surface area contributed by atoms with Crippen LogP contribution in [-0.2, 0) is 6.54 Å². The van der Waals surface area contributed by atoms with Crippen molar-refractivity contribution in [2.45, 2.75) is 19.9 Å². The summed E-state index contributed by atoms with van der Waals surface area (Å²) in [7, 11) is 0. The second-order valence-electron chi connectivity index (χ2n) is 3.78. The summed E-state index contributed by atoms with van der Waals surface area (Å²) in [5.41, 5.74) is 2.20. The fourth-order valence-corrected chi connectivity index (χ4v) is 1.95. The maximum absolute atomic E-state index is 6.13. The molecule has 0 spiro atoms. The monoisotopic (exact) mass is 234 g/mol. The first-order chi connectivity index (χ1) is 7.83. The third-order valence-corrected chi connectivity index (χ3v) is 2.87. The van der Waals surface area contributed by atoms with Gasteiger partial charge in [0, 0.05) is 23.2 Å². The average Bonchev–Trinajstić information content (AvgIpc) is 2.33. The highest BCUT2D eigenvalue weighted by molar-refractivity contribution is 6.35. The van der Waals surface area contributed by atoms with Crippen molar-refractivity contribution in [1.82, 2.24) is 10.3 Å². The molecule has 0 aliphatic rings. The molecule has 2 nitrogen and oxygen atoms in total. The van der Waals surface area contributed by atoms with Gasteiger partial charge in [-0.2, -0.15) is 0 Å². The van der Waals surface area contributed by atoms with Gasteiger partial charge in [-0.3, -0.25) is 4.98 Å². The van der Waals surface area contributed by atoms with E-state index < -0.39 is 0 Å². The fraction of sp³-hybridized carbons (Fsp3) is 0.308. The number of hydrogen-bond donors (Lipinski definition) is 1. The number of rotatable bonds is 4. The van der Waals surface area contributed by atoms with E-state index in [0.717, 1.165) is 35.4 Å². The Labute approximate surface area is 101 Å². The number of pyridine rings is 1. The van der Waals surface area contributed by atoms with Gasteiger partial charge in [0.05, 0.1) is 5.52 Å². The summed E-state index contributed by atoms with van der Waals surface area (Å²) in [5, 5.41) is 5.17. The predicted octanol–water partition coefficient (Wildman–Crippen LogP) is 3.39. The summed E-state index contributed by atoms with van der Waals surface area (Å²) in [4.78, 5) is 4.40. The molecule has 0 radical (unpaired) electrons. The van der Waals surface area contributed by atoms with Gasteiger partial charge in [0.2, 0.25) is 0 Å². The zero-order valence-electron chi connectivity index (χ0n) is 9.33. The molecule has 2 rings (SSSR count). The van der Waals surface area contributed by atoms with Crippen molar-refractivity contribution < 1.29 is 0 Å². The number of halogens is 1. The lowest BCUT2D eigenvalue weighted by Crippen LogP contribution is -2.14. The molecule has 0 aliphatic carbocycles. The van der Waals surface area contributed by atoms with E-state index in [0.29, 0.717) is 0 Å². The Hall–Kier alpha value is -1.12. The summed E-state index contributed by atoms with van der Waals surface area (Å²) in [5.74, 6) is 0. The third-order valence-electron chi connectivity index (χ3n) is 2.54. The Balaban J connectivity index is 2.35. The first kappa shape index (κ1) is 11.4. The van der Waals surface area contributed by atoms with E-state index >= 15 is 0 Å². The van der Waals surface area contributed by atoms with Crippen LogP contribution in [0.4, 0.5) is 0 Å². The number of nitrogens with zero attached hydrogens (tertiary/aromatic N) is 1. The quantitative estimate of drug-likeness (QED) is 0.821. The maximum Gasteiger partial charge on any atom is 0.0761 e. The summed E-state index contributed by atoms with van der Waals surface area (Å²) < 4.78 is 0. The summed E-state index contributed by atoms with van der Waals surface area (Å²) in [6.45, 7) is 4.03. The van der Waals surface area contributed by atoms with Crippen molar-refractivity contribution in [2.75, 3.05) is 6.54 Å². The van der Waals surface area contributed by atoms with Crippen molar-refractivity contribution in [3.8, 4) is 0 Å². The molecule has 0 atom stereocenters. The van der Waals surface area contributed by atoms with Crippen molar-refractivity contribution in [1.29, 1.82) is 0 Å². The lowest BCUT2D eigenvalue weighted by atomic mass is 10.1. The predicted molar refractivity (Wildman–Crippen MR) is 68.8 cm³/mol. The molecule has 1 N–H and O–H groups in total. The van der Waals surface area contributed by atoms with E-state index in [1.165, 1.54) is 5.56 Å². The van der Waals surface area contributed by atoms with Gasteiger partial charge >= 0.3 is 0 Å². The molecule has 2 aromatic rings. The van der Waals surface area contributed by atoms with E-state index in [9.17, 15) is 0 Å². The Kier molecular flexibility index (Phi) is 3.75. The van der Waals surface area contributed by atoms with Crippen LogP contribution >= 0.6 is 11.6 Å². The number of benzene rings is 1. The Morgan fingerprint density at radius 1 is 1.31 bits per heavy atom. The van der Waals surface area contributed by atoms with Crippen LogP contribution in [0.2, 0.25) is 5.02 Å². The average molecular weight is 235 g/mol. The minimum absolute atomic E-state index is 0.766. The van der Waals surface area contributed by atoms with Gasteiger partial charge < -0.3 is 5.32 Å². The fourth-order valence-electron chi connectivity index (χ4n) is 1.74. The highest BCUT2D eigenvalue weighted by Crippen LogP contribution is 2.24. The molecule has 0 bridgehead atoms. The van der Waals surface area contributed by atoms with E-state index in [-0.39, 0.29) is 0 Å². The second kappa shape index (κ2) is 5.28. The third kappa shape index (κ3) is 2.34. The molecule has 0 aliphatic heterocycles. The number of hydrogen-bond acceptors (Lipinski definition) is 2. The van der Waals surface area contributed by atoms with Crippen LogP contribution in [0, 0.1) is 0 Å². The first-order valence-electron chi connectivity index (χ1n) is 5.55. The molecule has 1 aromatic heterocycles.